The zero-order valence-corrected chi connectivity index (χ0v) is 12.3. The van der Waals surface area contributed by atoms with Crippen LogP contribution in [0.15, 0.2) is 16.6 Å². The lowest BCUT2D eigenvalue weighted by molar-refractivity contribution is -0.123. The molecule has 18 heavy (non-hydrogen) atoms. The highest BCUT2D eigenvalue weighted by molar-refractivity contribution is 9.10. The molecule has 0 saturated carbocycles. The van der Waals surface area contributed by atoms with Crippen molar-refractivity contribution in [2.45, 2.75) is 32.3 Å². The summed E-state index contributed by atoms with van der Waals surface area (Å²) in [5, 5.41) is 2.84. The van der Waals surface area contributed by atoms with Crippen LogP contribution in [0.4, 0.5) is 5.69 Å². The molecular formula is C13H17BrN2O2. The number of benzene rings is 1. The van der Waals surface area contributed by atoms with Crippen LogP contribution >= 0.6 is 15.9 Å². The highest BCUT2D eigenvalue weighted by Gasteiger charge is 2.31. The van der Waals surface area contributed by atoms with E-state index in [1.807, 2.05) is 12.1 Å². The van der Waals surface area contributed by atoms with E-state index >= 15 is 0 Å². The minimum absolute atomic E-state index is 0.0743. The number of nitrogens with two attached hydrogens (primary N) is 1. The molecule has 0 aromatic heterocycles. The van der Waals surface area contributed by atoms with Gasteiger partial charge in [-0.15, -0.1) is 0 Å². The molecule has 1 aliphatic heterocycles. The third-order valence-electron chi connectivity index (χ3n) is 2.89. The number of anilines is 1. The van der Waals surface area contributed by atoms with E-state index in [0.717, 1.165) is 15.8 Å². The summed E-state index contributed by atoms with van der Waals surface area (Å²) in [6, 6.07) is 3.86. The van der Waals surface area contributed by atoms with Gasteiger partial charge in [0, 0.05) is 16.6 Å². The Kier molecular flexibility index (Phi) is 3.38. The van der Waals surface area contributed by atoms with Crippen LogP contribution in [0.2, 0.25) is 0 Å². The molecule has 98 valence electrons. The van der Waals surface area contributed by atoms with Crippen molar-refractivity contribution < 1.29 is 9.53 Å². The predicted molar refractivity (Wildman–Crippen MR) is 74.9 cm³/mol. The highest BCUT2D eigenvalue weighted by atomic mass is 79.9. The molecule has 1 aromatic rings. The zero-order valence-electron chi connectivity index (χ0n) is 10.7. The van der Waals surface area contributed by atoms with Gasteiger partial charge in [0.15, 0.2) is 6.10 Å². The second-order valence-electron chi connectivity index (χ2n) is 5.41. The van der Waals surface area contributed by atoms with Crippen LogP contribution in [0.3, 0.4) is 0 Å². The van der Waals surface area contributed by atoms with Crippen LogP contribution in [0.25, 0.3) is 0 Å². The largest absolute Gasteiger partial charge is 0.477 e. The fraction of sp³-hybridized carbons (Fsp3) is 0.462. The molecule has 1 heterocycles. The van der Waals surface area contributed by atoms with Crippen LogP contribution < -0.4 is 15.8 Å². The average Bonchev–Trinajstić information content (AvgIpc) is 2.25. The average molecular weight is 313 g/mol. The summed E-state index contributed by atoms with van der Waals surface area (Å²) in [5.41, 5.74) is 7.22. The summed E-state index contributed by atoms with van der Waals surface area (Å²) in [5.74, 6) is 0.531. The van der Waals surface area contributed by atoms with Gasteiger partial charge in [0.2, 0.25) is 0 Å². The van der Waals surface area contributed by atoms with Crippen molar-refractivity contribution in [2.24, 2.45) is 5.73 Å². The number of nitrogens with one attached hydrogen (secondary N) is 1. The van der Waals surface area contributed by atoms with Crippen LogP contribution in [0, 0.1) is 0 Å². The van der Waals surface area contributed by atoms with Gasteiger partial charge in [-0.25, -0.2) is 0 Å². The molecule has 0 bridgehead atoms. The molecule has 0 radical (unpaired) electrons. The summed E-state index contributed by atoms with van der Waals surface area (Å²) in [4.78, 5) is 11.7. The molecule has 1 atom stereocenters. The molecule has 0 saturated heterocycles. The van der Waals surface area contributed by atoms with Crippen LogP contribution in [0.5, 0.6) is 5.75 Å². The first-order chi connectivity index (χ1) is 8.32. The first kappa shape index (κ1) is 13.4. The Morgan fingerprint density at radius 2 is 2.11 bits per heavy atom. The summed E-state index contributed by atoms with van der Waals surface area (Å²) in [7, 11) is 0. The Bertz CT molecular complexity index is 494. The van der Waals surface area contributed by atoms with E-state index in [9.17, 15) is 4.79 Å². The molecule has 1 amide bonds. The summed E-state index contributed by atoms with van der Waals surface area (Å²) >= 11 is 3.45. The van der Waals surface area contributed by atoms with Crippen molar-refractivity contribution in [1.82, 2.24) is 0 Å². The number of carbonyl (C=O) groups excluding carboxylic acids is 1. The summed E-state index contributed by atoms with van der Waals surface area (Å²) in [6.45, 7) is 6.48. The second-order valence-corrected chi connectivity index (χ2v) is 6.33. The number of ether oxygens (including phenoxy) is 1. The molecule has 1 unspecified atom stereocenters. The number of hydrogen-bond acceptors (Lipinski definition) is 3. The maximum atomic E-state index is 11.7. The van der Waals surface area contributed by atoms with Crippen LogP contribution in [0.1, 0.15) is 26.3 Å². The molecule has 0 spiro atoms. The van der Waals surface area contributed by atoms with E-state index in [2.05, 4.69) is 42.0 Å². The molecule has 5 heteroatoms. The topological polar surface area (TPSA) is 64.3 Å². The number of rotatable bonds is 1. The van der Waals surface area contributed by atoms with E-state index in [1.54, 1.807) is 0 Å². The fourth-order valence-corrected chi connectivity index (χ4v) is 2.39. The van der Waals surface area contributed by atoms with E-state index in [-0.39, 0.29) is 17.9 Å². The maximum Gasteiger partial charge on any atom is 0.266 e. The zero-order chi connectivity index (χ0) is 13.5. The lowest BCUT2D eigenvalue weighted by atomic mass is 9.85. The molecule has 1 aliphatic rings. The van der Waals surface area contributed by atoms with Gasteiger partial charge in [-0.1, -0.05) is 36.7 Å². The standard InChI is InChI=1S/C13H17BrN2O2/c1-13(2,3)8-4-7(14)5-9-11(8)18-10(6-15)12(17)16-9/h4-5,10H,6,15H2,1-3H3,(H,16,17). The molecular weight excluding hydrogens is 296 g/mol. The van der Waals surface area contributed by atoms with Gasteiger partial charge >= 0.3 is 0 Å². The highest BCUT2D eigenvalue weighted by Crippen LogP contribution is 2.41. The molecule has 3 N–H and O–H groups in total. The summed E-state index contributed by atoms with van der Waals surface area (Å²) in [6.07, 6.45) is -0.611. The van der Waals surface area contributed by atoms with Gasteiger partial charge in [0.05, 0.1) is 5.69 Å². The fourth-order valence-electron chi connectivity index (χ4n) is 1.93. The van der Waals surface area contributed by atoms with Crippen LogP contribution in [-0.2, 0) is 10.2 Å². The normalized spacial score (nSPS) is 18.9. The Morgan fingerprint density at radius 3 is 2.67 bits per heavy atom. The predicted octanol–water partition coefficient (Wildman–Crippen LogP) is 2.40. The minimum atomic E-state index is -0.611. The third-order valence-corrected chi connectivity index (χ3v) is 3.34. The van der Waals surface area contributed by atoms with Crippen molar-refractivity contribution in [2.75, 3.05) is 11.9 Å². The van der Waals surface area contributed by atoms with Crippen molar-refractivity contribution in [3.8, 4) is 5.75 Å². The van der Waals surface area contributed by atoms with Crippen molar-refractivity contribution >= 4 is 27.5 Å². The smallest absolute Gasteiger partial charge is 0.266 e. The Labute approximate surface area is 115 Å². The summed E-state index contributed by atoms with van der Waals surface area (Å²) < 4.78 is 6.67. The Balaban J connectivity index is 2.56. The number of carbonyl (C=O) groups is 1. The maximum absolute atomic E-state index is 11.7. The Hall–Kier alpha value is -1.07. The van der Waals surface area contributed by atoms with Crippen molar-refractivity contribution in [3.63, 3.8) is 0 Å². The van der Waals surface area contributed by atoms with E-state index in [0.29, 0.717) is 5.69 Å². The van der Waals surface area contributed by atoms with Gasteiger partial charge in [-0.05, 0) is 17.5 Å². The van der Waals surface area contributed by atoms with Crippen LogP contribution in [-0.4, -0.2) is 18.6 Å². The van der Waals surface area contributed by atoms with E-state index in [1.165, 1.54) is 0 Å². The van der Waals surface area contributed by atoms with Crippen molar-refractivity contribution in [3.05, 3.63) is 22.2 Å². The van der Waals surface area contributed by atoms with Gasteiger partial charge < -0.3 is 15.8 Å². The number of halogens is 1. The molecule has 1 aromatic carbocycles. The molecule has 2 rings (SSSR count). The first-order valence-electron chi connectivity index (χ1n) is 5.84. The van der Waals surface area contributed by atoms with Gasteiger partial charge in [-0.2, -0.15) is 0 Å². The lowest BCUT2D eigenvalue weighted by Crippen LogP contribution is -2.42. The van der Waals surface area contributed by atoms with Gasteiger partial charge in [-0.3, -0.25) is 4.79 Å². The second kappa shape index (κ2) is 4.55. The number of amides is 1. The molecule has 0 fully saturated rings. The molecule has 4 nitrogen and oxygen atoms in total. The monoisotopic (exact) mass is 312 g/mol. The quantitative estimate of drug-likeness (QED) is 0.837. The Morgan fingerprint density at radius 1 is 1.44 bits per heavy atom. The van der Waals surface area contributed by atoms with E-state index in [4.69, 9.17) is 10.5 Å². The first-order valence-corrected chi connectivity index (χ1v) is 6.64. The number of hydrogen-bond donors (Lipinski definition) is 2. The third kappa shape index (κ3) is 2.37. The van der Waals surface area contributed by atoms with Gasteiger partial charge in [0.25, 0.3) is 5.91 Å². The van der Waals surface area contributed by atoms with E-state index < -0.39 is 6.10 Å². The molecule has 0 aliphatic carbocycles. The minimum Gasteiger partial charge on any atom is -0.477 e. The van der Waals surface area contributed by atoms with Gasteiger partial charge in [0.1, 0.15) is 5.75 Å². The lowest BCUT2D eigenvalue weighted by Gasteiger charge is -2.31. The number of fused-ring (bicyclic) bond motifs is 1. The van der Waals surface area contributed by atoms with Crippen molar-refractivity contribution in [1.29, 1.82) is 0 Å². The SMILES string of the molecule is CC(C)(C)c1cc(Br)cc2c1OC(CN)C(=O)N2.